The Bertz CT molecular complexity index is 646. The molecule has 0 aliphatic heterocycles. The summed E-state index contributed by atoms with van der Waals surface area (Å²) >= 11 is 0. The van der Waals surface area contributed by atoms with Crippen molar-refractivity contribution >= 4 is 23.4 Å². The van der Waals surface area contributed by atoms with Gasteiger partial charge in [-0.25, -0.2) is 0 Å². The average molecular weight is 519 g/mol. The van der Waals surface area contributed by atoms with Crippen LogP contribution in [0.1, 0.15) is 77.6 Å². The molecule has 2 amide bonds. The molecule has 37 heavy (non-hydrogen) atoms. The largest absolute Gasteiger partial charge is 0.355 e. The zero-order valence-corrected chi connectivity index (χ0v) is 22.3. The van der Waals surface area contributed by atoms with Crippen molar-refractivity contribution in [3.63, 3.8) is 0 Å². The van der Waals surface area contributed by atoms with Crippen LogP contribution < -0.4 is 31.9 Å². The van der Waals surface area contributed by atoms with Crippen molar-refractivity contribution in [3.8, 4) is 0 Å². The maximum atomic E-state index is 12.8. The Morgan fingerprint density at radius 2 is 1.14 bits per heavy atom. The van der Waals surface area contributed by atoms with Crippen LogP contribution in [0.3, 0.4) is 0 Å². The summed E-state index contributed by atoms with van der Waals surface area (Å²) < 4.78 is 0. The first kappa shape index (κ1) is 35.1. The zero-order valence-electron chi connectivity index (χ0n) is 22.3. The molecule has 8 radical (unpaired) electrons. The lowest BCUT2D eigenvalue weighted by molar-refractivity contribution is -0.130. The highest BCUT2D eigenvalue weighted by molar-refractivity contribution is 5.90. The van der Waals surface area contributed by atoms with Crippen molar-refractivity contribution in [2.75, 3.05) is 26.2 Å². The van der Waals surface area contributed by atoms with Crippen LogP contribution in [0.2, 0.25) is 0 Å². The minimum absolute atomic E-state index is 0.0237. The van der Waals surface area contributed by atoms with E-state index >= 15 is 0 Å². The number of carbonyl (C=O) groups is 4. The van der Waals surface area contributed by atoms with Crippen molar-refractivity contribution in [2.45, 2.75) is 89.6 Å². The molecule has 0 aromatic carbocycles. The van der Waals surface area contributed by atoms with Crippen LogP contribution in [-0.2, 0) is 19.2 Å². The van der Waals surface area contributed by atoms with Crippen LogP contribution in [0.4, 0.5) is 0 Å². The molecule has 208 valence electrons. The van der Waals surface area contributed by atoms with Crippen molar-refractivity contribution in [3.05, 3.63) is 28.2 Å². The molecular weight excluding hydrogens is 472 g/mol. The van der Waals surface area contributed by atoms with Gasteiger partial charge in [-0.1, -0.05) is 19.3 Å². The topological polar surface area (TPSA) is 140 Å². The van der Waals surface area contributed by atoms with Crippen molar-refractivity contribution in [2.24, 2.45) is 5.92 Å². The van der Waals surface area contributed by atoms with Gasteiger partial charge in [0, 0.05) is 60.0 Å². The number of Topliss-reactive ketones (excluding diaryl/α,β-unsaturated/α-hetero) is 2. The van der Waals surface area contributed by atoms with Gasteiger partial charge in [0.25, 0.3) is 0 Å². The number of carbonyl (C=O) groups excluding carboxylic acids is 4. The Kier molecular flexibility index (Phi) is 22.1. The van der Waals surface area contributed by atoms with E-state index in [1.807, 2.05) is 0 Å². The van der Waals surface area contributed by atoms with Gasteiger partial charge in [-0.15, -0.1) is 0 Å². The van der Waals surface area contributed by atoms with Gasteiger partial charge in [0.15, 0.2) is 5.78 Å². The number of ketones is 2. The highest BCUT2D eigenvalue weighted by Crippen LogP contribution is 2.17. The summed E-state index contributed by atoms with van der Waals surface area (Å²) in [6.07, 6.45) is 6.32. The van der Waals surface area contributed by atoms with E-state index in [-0.39, 0.29) is 42.8 Å². The molecule has 0 saturated carbocycles. The molecule has 0 rings (SSSR count). The fourth-order valence-corrected chi connectivity index (χ4v) is 3.85. The molecule has 0 spiro atoms. The molecule has 6 N–H and O–H groups in total. The van der Waals surface area contributed by atoms with E-state index in [9.17, 15) is 19.2 Å². The first-order valence-electron chi connectivity index (χ1n) is 13.2. The van der Waals surface area contributed by atoms with Crippen LogP contribution >= 0.6 is 0 Å². The number of nitrogens with one attached hydrogen (secondary N) is 6. The fraction of sp³-hybridized carbons (Fsp3) is 0.704. The summed E-state index contributed by atoms with van der Waals surface area (Å²) in [4.78, 5) is 49.2. The zero-order chi connectivity index (χ0) is 27.9. The number of unbranched alkanes of at least 4 members (excludes halogenated alkanes) is 3. The number of hydrogen-bond donors (Lipinski definition) is 6. The third kappa shape index (κ3) is 18.1. The minimum atomic E-state index is -0.550. The van der Waals surface area contributed by atoms with E-state index in [0.717, 1.165) is 25.7 Å². The van der Waals surface area contributed by atoms with E-state index in [1.165, 1.54) is 6.92 Å². The molecule has 10 nitrogen and oxygen atoms in total. The molecule has 3 atom stereocenters. The normalized spacial score (nSPS) is 13.5. The van der Waals surface area contributed by atoms with Crippen LogP contribution in [0.15, 0.2) is 0 Å². The van der Waals surface area contributed by atoms with Gasteiger partial charge in [-0.2, -0.15) is 0 Å². The summed E-state index contributed by atoms with van der Waals surface area (Å²) in [5.74, 6) is -1.15. The third-order valence-corrected chi connectivity index (χ3v) is 6.11. The molecule has 0 aliphatic carbocycles. The lowest BCUT2D eigenvalue weighted by atomic mass is 9.91. The Morgan fingerprint density at radius 1 is 0.622 bits per heavy atom. The second kappa shape index (κ2) is 23.3. The molecule has 0 heterocycles. The SMILES string of the molecule is [CH]NCCCCC(N[CH])C(=O)CC(CCCCNC(=O)C(CCCCN[CH])N[CH])C(=O)NCCC(C)=O. The summed E-state index contributed by atoms with van der Waals surface area (Å²) in [6, 6.07) is -1.04. The molecule has 0 aromatic heterocycles. The van der Waals surface area contributed by atoms with Crippen LogP contribution in [0.25, 0.3) is 0 Å². The Hall–Kier alpha value is -1.88. The molecule has 3 unspecified atom stereocenters. The fourth-order valence-electron chi connectivity index (χ4n) is 3.85. The Morgan fingerprint density at radius 3 is 1.68 bits per heavy atom. The van der Waals surface area contributed by atoms with E-state index in [4.69, 9.17) is 28.2 Å². The first-order chi connectivity index (χ1) is 17.8. The predicted octanol–water partition coefficient (Wildman–Crippen LogP) is 1.05. The molecule has 10 heteroatoms. The first-order valence-corrected chi connectivity index (χ1v) is 13.2. The molecule has 0 aromatic rings. The van der Waals surface area contributed by atoms with Gasteiger partial charge in [0.2, 0.25) is 11.8 Å². The number of hydrogen-bond acceptors (Lipinski definition) is 8. The highest BCUT2D eigenvalue weighted by Gasteiger charge is 2.25. The lowest BCUT2D eigenvalue weighted by Crippen LogP contribution is -2.42. The van der Waals surface area contributed by atoms with Crippen molar-refractivity contribution in [1.29, 1.82) is 0 Å². The highest BCUT2D eigenvalue weighted by atomic mass is 16.2. The monoisotopic (exact) mass is 518 g/mol. The standard InChI is InChI=1S/C27H46N6O4/c1-21(34)15-19-33-26(36)22(20-25(35)23(30-4)13-7-9-16-28-2)12-6-11-18-32-27(37)24(31-5)14-8-10-17-29-3/h2-5,22-24,28-31H,6-20H2,1H3,(H,32,37)(H,33,36). The molecule has 0 fully saturated rings. The van der Waals surface area contributed by atoms with E-state index in [1.54, 1.807) is 0 Å². The third-order valence-electron chi connectivity index (χ3n) is 6.11. The smallest absolute Gasteiger partial charge is 0.237 e. The summed E-state index contributed by atoms with van der Waals surface area (Å²) in [6.45, 7) is 3.42. The van der Waals surface area contributed by atoms with Crippen molar-refractivity contribution in [1.82, 2.24) is 31.9 Å². The maximum Gasteiger partial charge on any atom is 0.237 e. The van der Waals surface area contributed by atoms with Gasteiger partial charge in [-0.05, 0) is 58.5 Å². The van der Waals surface area contributed by atoms with Gasteiger partial charge < -0.3 is 26.6 Å². The average Bonchev–Trinajstić information content (AvgIpc) is 2.87. The Labute approximate surface area is 224 Å². The lowest BCUT2D eigenvalue weighted by Gasteiger charge is -2.20. The van der Waals surface area contributed by atoms with Gasteiger partial charge in [-0.3, -0.25) is 24.5 Å². The van der Waals surface area contributed by atoms with Crippen LogP contribution in [0.5, 0.6) is 0 Å². The molecular formula is C27H46N6O4. The summed E-state index contributed by atoms with van der Waals surface area (Å²) in [7, 11) is 21.6. The second-order valence-corrected chi connectivity index (χ2v) is 9.24. The second-order valence-electron chi connectivity index (χ2n) is 9.24. The summed E-state index contributed by atoms with van der Waals surface area (Å²) in [5.41, 5.74) is 0. The number of amides is 2. The van der Waals surface area contributed by atoms with Gasteiger partial charge in [0.1, 0.15) is 5.78 Å². The molecule has 0 aliphatic rings. The maximum absolute atomic E-state index is 12.8. The van der Waals surface area contributed by atoms with Crippen LogP contribution in [0, 0.1) is 34.1 Å². The predicted molar refractivity (Wildman–Crippen MR) is 143 cm³/mol. The molecule has 0 bridgehead atoms. The summed E-state index contributed by atoms with van der Waals surface area (Å²) in [5, 5.41) is 15.8. The van der Waals surface area contributed by atoms with Gasteiger partial charge >= 0.3 is 0 Å². The van der Waals surface area contributed by atoms with Gasteiger partial charge in [0.05, 0.1) is 12.1 Å². The molecule has 0 saturated heterocycles. The quantitative estimate of drug-likeness (QED) is 0.0779. The van der Waals surface area contributed by atoms with E-state index in [2.05, 4.69) is 31.9 Å². The van der Waals surface area contributed by atoms with E-state index < -0.39 is 18.0 Å². The minimum Gasteiger partial charge on any atom is -0.355 e. The van der Waals surface area contributed by atoms with E-state index in [0.29, 0.717) is 51.7 Å². The van der Waals surface area contributed by atoms with Crippen molar-refractivity contribution < 1.29 is 19.2 Å². The Balaban J connectivity index is 4.73. The number of rotatable bonds is 25. The van der Waals surface area contributed by atoms with Crippen LogP contribution in [-0.4, -0.2) is 61.6 Å².